The summed E-state index contributed by atoms with van der Waals surface area (Å²) in [5.41, 5.74) is 2.12. The van der Waals surface area contributed by atoms with Crippen LogP contribution in [0.1, 0.15) is 0 Å². The zero-order chi connectivity index (χ0) is 9.97. The van der Waals surface area contributed by atoms with Crippen molar-refractivity contribution in [3.05, 3.63) is 30.5 Å². The van der Waals surface area contributed by atoms with Crippen LogP contribution in [0.3, 0.4) is 0 Å². The van der Waals surface area contributed by atoms with Gasteiger partial charge < -0.3 is 9.88 Å². The van der Waals surface area contributed by atoms with E-state index in [9.17, 15) is 0 Å². The summed E-state index contributed by atoms with van der Waals surface area (Å²) in [7, 11) is 3.91. The molecule has 3 heteroatoms. The van der Waals surface area contributed by atoms with Crippen LogP contribution in [0.25, 0.3) is 10.9 Å². The summed E-state index contributed by atoms with van der Waals surface area (Å²) in [6, 6.07) is 8.15. The third-order valence-electron chi connectivity index (χ3n) is 1.97. The second-order valence-corrected chi connectivity index (χ2v) is 3.46. The molecule has 2 rings (SSSR count). The van der Waals surface area contributed by atoms with E-state index in [1.165, 1.54) is 5.39 Å². The highest BCUT2D eigenvalue weighted by atomic mass is 15.1. The van der Waals surface area contributed by atoms with Crippen molar-refractivity contribution in [1.82, 2.24) is 9.88 Å². The molecule has 0 unspecified atom stereocenters. The number of benzene rings is 1. The van der Waals surface area contributed by atoms with E-state index in [4.69, 9.17) is 0 Å². The van der Waals surface area contributed by atoms with Gasteiger partial charge in [-0.2, -0.15) is 0 Å². The fourth-order valence-corrected chi connectivity index (χ4v) is 1.30. The van der Waals surface area contributed by atoms with Crippen LogP contribution in [-0.2, 0) is 0 Å². The quantitative estimate of drug-likeness (QED) is 0.568. The lowest BCUT2D eigenvalue weighted by atomic mass is 10.2. The molecule has 1 N–H and O–H groups in total. The van der Waals surface area contributed by atoms with Gasteiger partial charge >= 0.3 is 0 Å². The van der Waals surface area contributed by atoms with E-state index in [-0.39, 0.29) is 0 Å². The summed E-state index contributed by atoms with van der Waals surface area (Å²) < 4.78 is 0. The maximum atomic E-state index is 4.32. The number of fused-ring (bicyclic) bond motifs is 1. The summed E-state index contributed by atoms with van der Waals surface area (Å²) in [5.74, 6) is 0. The zero-order valence-electron chi connectivity index (χ0n) is 8.36. The molecule has 0 aliphatic carbocycles. The molecule has 72 valence electrons. The van der Waals surface area contributed by atoms with Gasteiger partial charge in [0.25, 0.3) is 0 Å². The molecule has 0 spiro atoms. The third-order valence-corrected chi connectivity index (χ3v) is 1.97. The molecule has 1 aromatic heterocycles. The maximum Gasteiger partial charge on any atom is 0.0907 e. The van der Waals surface area contributed by atoms with Crippen molar-refractivity contribution in [3.63, 3.8) is 0 Å². The highest BCUT2D eigenvalue weighted by molar-refractivity contribution is 5.83. The SMILES string of the molecule is CN(C)C=Nc1ccc2[nH]ccc2c1. The lowest BCUT2D eigenvalue weighted by molar-refractivity contribution is 0.643. The van der Waals surface area contributed by atoms with Crippen LogP contribution < -0.4 is 0 Å². The second-order valence-electron chi connectivity index (χ2n) is 3.46. The number of aromatic nitrogens is 1. The van der Waals surface area contributed by atoms with E-state index >= 15 is 0 Å². The first kappa shape index (κ1) is 8.81. The first-order valence-electron chi connectivity index (χ1n) is 4.53. The molecule has 1 heterocycles. The third kappa shape index (κ3) is 1.76. The molecule has 0 saturated heterocycles. The summed E-state index contributed by atoms with van der Waals surface area (Å²) >= 11 is 0. The van der Waals surface area contributed by atoms with E-state index in [1.54, 1.807) is 6.34 Å². The largest absolute Gasteiger partial charge is 0.369 e. The minimum absolute atomic E-state index is 0.978. The molecule has 3 nitrogen and oxygen atoms in total. The number of aromatic amines is 1. The normalized spacial score (nSPS) is 11.3. The summed E-state index contributed by atoms with van der Waals surface area (Å²) in [6.45, 7) is 0. The van der Waals surface area contributed by atoms with Gasteiger partial charge in [-0.05, 0) is 24.3 Å². The second kappa shape index (κ2) is 3.54. The molecular weight excluding hydrogens is 174 g/mol. The Kier molecular flexibility index (Phi) is 2.23. The molecule has 0 aliphatic rings. The Morgan fingerprint density at radius 3 is 2.93 bits per heavy atom. The molecule has 0 radical (unpaired) electrons. The Morgan fingerprint density at radius 2 is 2.14 bits per heavy atom. The van der Waals surface area contributed by atoms with Crippen LogP contribution in [0.4, 0.5) is 5.69 Å². The summed E-state index contributed by atoms with van der Waals surface area (Å²) in [6.07, 6.45) is 3.73. The van der Waals surface area contributed by atoms with Crippen LogP contribution in [0, 0.1) is 0 Å². The van der Waals surface area contributed by atoms with Crippen LogP contribution in [0.5, 0.6) is 0 Å². The van der Waals surface area contributed by atoms with E-state index in [0.717, 1.165) is 11.2 Å². The number of rotatable bonds is 2. The molecular formula is C11H13N3. The molecule has 1 aromatic carbocycles. The molecule has 0 amide bonds. The molecule has 0 fully saturated rings. The van der Waals surface area contributed by atoms with E-state index in [2.05, 4.69) is 16.0 Å². The average Bonchev–Trinajstić information content (AvgIpc) is 2.61. The number of nitrogens with one attached hydrogen (secondary N) is 1. The Bertz CT molecular complexity index is 454. The Morgan fingerprint density at radius 1 is 1.29 bits per heavy atom. The summed E-state index contributed by atoms with van der Waals surface area (Å²) in [4.78, 5) is 9.39. The molecule has 0 saturated carbocycles. The monoisotopic (exact) mass is 187 g/mol. The van der Waals surface area contributed by atoms with E-state index in [1.807, 2.05) is 43.4 Å². The predicted molar refractivity (Wildman–Crippen MR) is 60.1 cm³/mol. The topological polar surface area (TPSA) is 31.4 Å². The maximum absolute atomic E-state index is 4.32. The predicted octanol–water partition coefficient (Wildman–Crippen LogP) is 2.39. The fourth-order valence-electron chi connectivity index (χ4n) is 1.30. The smallest absolute Gasteiger partial charge is 0.0907 e. The Labute approximate surface area is 83.1 Å². The average molecular weight is 187 g/mol. The molecule has 0 bridgehead atoms. The standard InChI is InChI=1S/C11H13N3/c1-14(2)8-13-10-3-4-11-9(7-10)5-6-12-11/h3-8,12H,1-2H3. The van der Waals surface area contributed by atoms with Crippen molar-refractivity contribution in [2.45, 2.75) is 0 Å². The van der Waals surface area contributed by atoms with Gasteiger partial charge in [0.2, 0.25) is 0 Å². The van der Waals surface area contributed by atoms with Crippen molar-refractivity contribution in [2.75, 3.05) is 14.1 Å². The van der Waals surface area contributed by atoms with Crippen LogP contribution >= 0.6 is 0 Å². The van der Waals surface area contributed by atoms with Crippen LogP contribution in [0.2, 0.25) is 0 Å². The molecule has 0 atom stereocenters. The number of nitrogens with zero attached hydrogens (tertiary/aromatic N) is 2. The molecule has 0 aliphatic heterocycles. The van der Waals surface area contributed by atoms with Gasteiger partial charge in [-0.1, -0.05) is 0 Å². The number of hydrogen-bond donors (Lipinski definition) is 1. The van der Waals surface area contributed by atoms with Crippen LogP contribution in [0.15, 0.2) is 35.5 Å². The van der Waals surface area contributed by atoms with Gasteiger partial charge in [0, 0.05) is 31.2 Å². The fraction of sp³-hybridized carbons (Fsp3) is 0.182. The highest BCUT2D eigenvalue weighted by Gasteiger charge is 1.94. The Hall–Kier alpha value is -1.77. The van der Waals surface area contributed by atoms with Gasteiger partial charge in [0.05, 0.1) is 12.0 Å². The number of H-pyrrole nitrogens is 1. The van der Waals surface area contributed by atoms with Gasteiger partial charge in [-0.25, -0.2) is 4.99 Å². The van der Waals surface area contributed by atoms with Gasteiger partial charge in [0.1, 0.15) is 0 Å². The summed E-state index contributed by atoms with van der Waals surface area (Å²) in [5, 5.41) is 1.19. The van der Waals surface area contributed by atoms with E-state index < -0.39 is 0 Å². The van der Waals surface area contributed by atoms with E-state index in [0.29, 0.717) is 0 Å². The van der Waals surface area contributed by atoms with Crippen molar-refractivity contribution in [2.24, 2.45) is 4.99 Å². The van der Waals surface area contributed by atoms with Gasteiger partial charge in [0.15, 0.2) is 0 Å². The molecule has 2 aromatic rings. The lowest BCUT2D eigenvalue weighted by Gasteiger charge is -2.02. The first-order valence-corrected chi connectivity index (χ1v) is 4.53. The lowest BCUT2D eigenvalue weighted by Crippen LogP contribution is -2.06. The number of aliphatic imine (C=N–C) groups is 1. The van der Waals surface area contributed by atoms with Crippen molar-refractivity contribution in [1.29, 1.82) is 0 Å². The zero-order valence-corrected chi connectivity index (χ0v) is 8.36. The van der Waals surface area contributed by atoms with Crippen molar-refractivity contribution >= 4 is 22.9 Å². The van der Waals surface area contributed by atoms with Crippen molar-refractivity contribution < 1.29 is 0 Å². The minimum Gasteiger partial charge on any atom is -0.369 e. The molecule has 14 heavy (non-hydrogen) atoms. The van der Waals surface area contributed by atoms with Crippen LogP contribution in [-0.4, -0.2) is 30.3 Å². The number of hydrogen-bond acceptors (Lipinski definition) is 1. The minimum atomic E-state index is 0.978. The van der Waals surface area contributed by atoms with Crippen molar-refractivity contribution in [3.8, 4) is 0 Å². The highest BCUT2D eigenvalue weighted by Crippen LogP contribution is 2.19. The first-order chi connectivity index (χ1) is 6.75. The van der Waals surface area contributed by atoms with Gasteiger partial charge in [-0.3, -0.25) is 0 Å². The Balaban J connectivity index is 2.34. The van der Waals surface area contributed by atoms with Gasteiger partial charge in [-0.15, -0.1) is 0 Å².